The molecule has 106 valence electrons. The van der Waals surface area contributed by atoms with Crippen molar-refractivity contribution in [2.24, 2.45) is 0 Å². The molecule has 0 spiro atoms. The summed E-state index contributed by atoms with van der Waals surface area (Å²) in [6.07, 6.45) is 3.92. The van der Waals surface area contributed by atoms with Crippen LogP contribution < -0.4 is 10.9 Å². The van der Waals surface area contributed by atoms with Gasteiger partial charge in [0.2, 0.25) is 0 Å². The molecular formula is C12H18ClN3O2S. The van der Waals surface area contributed by atoms with Crippen LogP contribution >= 0.6 is 23.4 Å². The summed E-state index contributed by atoms with van der Waals surface area (Å²) < 4.78 is 6.26. The van der Waals surface area contributed by atoms with E-state index in [0.717, 1.165) is 12.2 Å². The van der Waals surface area contributed by atoms with Gasteiger partial charge in [0.15, 0.2) is 0 Å². The minimum absolute atomic E-state index is 0.210. The lowest BCUT2D eigenvalue weighted by atomic mass is 10.2. The maximum absolute atomic E-state index is 12.0. The van der Waals surface area contributed by atoms with Gasteiger partial charge in [-0.2, -0.15) is 16.9 Å². The van der Waals surface area contributed by atoms with Crippen molar-refractivity contribution in [1.29, 1.82) is 0 Å². The van der Waals surface area contributed by atoms with Crippen LogP contribution in [0.1, 0.15) is 12.8 Å². The van der Waals surface area contributed by atoms with Crippen LogP contribution in [-0.2, 0) is 11.3 Å². The third-order valence-electron chi connectivity index (χ3n) is 3.01. The van der Waals surface area contributed by atoms with E-state index in [1.165, 1.54) is 16.9 Å². The molecule has 0 aliphatic carbocycles. The molecule has 1 aliphatic heterocycles. The fourth-order valence-corrected chi connectivity index (χ4v) is 3.25. The van der Waals surface area contributed by atoms with Gasteiger partial charge in [0.25, 0.3) is 5.56 Å². The number of halogens is 1. The maximum Gasteiger partial charge on any atom is 0.287 e. The lowest BCUT2D eigenvalue weighted by Crippen LogP contribution is -2.30. The van der Waals surface area contributed by atoms with Crippen molar-refractivity contribution >= 4 is 29.1 Å². The standard InChI is InChI=1S/C12H18ClN3O2S/c1-18-5-4-16-12(17)11(13)10(7-14-16)15-9-3-2-6-19-8-9/h7,9,15H,2-6,8H2,1H3. The van der Waals surface area contributed by atoms with Crippen molar-refractivity contribution in [3.05, 3.63) is 21.6 Å². The quantitative estimate of drug-likeness (QED) is 0.899. The highest BCUT2D eigenvalue weighted by atomic mass is 35.5. The van der Waals surface area contributed by atoms with Crippen LogP contribution in [-0.4, -0.2) is 41.0 Å². The highest BCUT2D eigenvalue weighted by Gasteiger charge is 2.16. The van der Waals surface area contributed by atoms with Gasteiger partial charge in [-0.1, -0.05) is 11.6 Å². The molecule has 1 aromatic rings. The van der Waals surface area contributed by atoms with E-state index in [0.29, 0.717) is 24.9 Å². The zero-order valence-electron chi connectivity index (χ0n) is 10.9. The Kier molecular flexibility index (Phi) is 5.54. The Balaban J connectivity index is 2.09. The predicted octanol–water partition coefficient (Wildman–Crippen LogP) is 1.85. The fourth-order valence-electron chi connectivity index (χ4n) is 1.98. The van der Waals surface area contributed by atoms with E-state index >= 15 is 0 Å². The van der Waals surface area contributed by atoms with Crippen LogP contribution in [0.15, 0.2) is 11.0 Å². The van der Waals surface area contributed by atoms with Crippen molar-refractivity contribution < 1.29 is 4.74 Å². The number of nitrogens with one attached hydrogen (secondary N) is 1. The Morgan fingerprint density at radius 1 is 1.68 bits per heavy atom. The molecule has 2 rings (SSSR count). The van der Waals surface area contributed by atoms with Crippen molar-refractivity contribution in [3.8, 4) is 0 Å². The van der Waals surface area contributed by atoms with Crippen LogP contribution in [0.25, 0.3) is 0 Å². The molecule has 1 unspecified atom stereocenters. The molecule has 0 saturated carbocycles. The summed E-state index contributed by atoms with van der Waals surface area (Å²) in [5.41, 5.74) is 0.361. The summed E-state index contributed by atoms with van der Waals surface area (Å²) in [6.45, 7) is 0.851. The van der Waals surface area contributed by atoms with Crippen molar-refractivity contribution in [1.82, 2.24) is 9.78 Å². The Hall–Kier alpha value is -0.720. The van der Waals surface area contributed by atoms with Crippen molar-refractivity contribution in [3.63, 3.8) is 0 Å². The largest absolute Gasteiger partial charge is 0.383 e. The number of hydrogen-bond acceptors (Lipinski definition) is 5. The average Bonchev–Trinajstić information content (AvgIpc) is 2.44. The molecule has 1 aromatic heterocycles. The smallest absolute Gasteiger partial charge is 0.287 e. The van der Waals surface area contributed by atoms with Gasteiger partial charge in [-0.25, -0.2) is 4.68 Å². The first-order valence-electron chi connectivity index (χ1n) is 6.31. The highest BCUT2D eigenvalue weighted by Crippen LogP contribution is 2.23. The van der Waals surface area contributed by atoms with Gasteiger partial charge in [-0.15, -0.1) is 0 Å². The zero-order valence-corrected chi connectivity index (χ0v) is 12.5. The number of nitrogens with zero attached hydrogens (tertiary/aromatic N) is 2. The van der Waals surface area contributed by atoms with Crippen molar-refractivity contribution in [2.75, 3.05) is 30.5 Å². The van der Waals surface area contributed by atoms with Crippen LogP contribution in [0.4, 0.5) is 5.69 Å². The first-order chi connectivity index (χ1) is 9.22. The molecule has 2 heterocycles. The summed E-state index contributed by atoms with van der Waals surface area (Å²) in [5, 5.41) is 7.64. The number of anilines is 1. The molecule has 1 atom stereocenters. The van der Waals surface area contributed by atoms with E-state index in [1.807, 2.05) is 11.8 Å². The summed E-state index contributed by atoms with van der Waals surface area (Å²) in [4.78, 5) is 12.0. The Bertz CT molecular complexity index is 475. The summed E-state index contributed by atoms with van der Waals surface area (Å²) in [6, 6.07) is 0.368. The van der Waals surface area contributed by atoms with Crippen LogP contribution in [0.5, 0.6) is 0 Å². The number of rotatable bonds is 5. The number of methoxy groups -OCH3 is 1. The number of thioether (sulfide) groups is 1. The molecule has 5 nitrogen and oxygen atoms in total. The topological polar surface area (TPSA) is 56.1 Å². The molecular weight excluding hydrogens is 286 g/mol. The third kappa shape index (κ3) is 3.87. The van der Waals surface area contributed by atoms with Gasteiger partial charge in [-0.3, -0.25) is 4.79 Å². The van der Waals surface area contributed by atoms with Gasteiger partial charge in [0, 0.05) is 18.9 Å². The monoisotopic (exact) mass is 303 g/mol. The SMILES string of the molecule is COCCn1ncc(NC2CCCSC2)c(Cl)c1=O. The number of ether oxygens (including phenoxy) is 1. The molecule has 0 radical (unpaired) electrons. The van der Waals surface area contributed by atoms with Crippen LogP contribution in [0, 0.1) is 0 Å². The third-order valence-corrected chi connectivity index (χ3v) is 4.59. The second-order valence-electron chi connectivity index (χ2n) is 4.45. The van der Waals surface area contributed by atoms with E-state index in [4.69, 9.17) is 16.3 Å². The van der Waals surface area contributed by atoms with E-state index in [9.17, 15) is 4.79 Å². The molecule has 0 bridgehead atoms. The van der Waals surface area contributed by atoms with Gasteiger partial charge in [0.1, 0.15) is 5.02 Å². The van der Waals surface area contributed by atoms with E-state index in [1.54, 1.807) is 13.3 Å². The lowest BCUT2D eigenvalue weighted by Gasteiger charge is -2.23. The molecule has 1 fully saturated rings. The second kappa shape index (κ2) is 7.17. The molecule has 1 aliphatic rings. The van der Waals surface area contributed by atoms with Crippen molar-refractivity contribution in [2.45, 2.75) is 25.4 Å². The van der Waals surface area contributed by atoms with E-state index in [2.05, 4.69) is 10.4 Å². The predicted molar refractivity (Wildman–Crippen MR) is 79.4 cm³/mol. The summed E-state index contributed by atoms with van der Waals surface area (Å²) in [5.74, 6) is 2.26. The minimum atomic E-state index is -0.271. The van der Waals surface area contributed by atoms with Gasteiger partial charge >= 0.3 is 0 Å². The normalized spacial score (nSPS) is 19.4. The molecule has 7 heteroatoms. The summed E-state index contributed by atoms with van der Waals surface area (Å²) in [7, 11) is 1.59. The Morgan fingerprint density at radius 3 is 3.21 bits per heavy atom. The first kappa shape index (κ1) is 14.7. The van der Waals surface area contributed by atoms with Gasteiger partial charge in [0.05, 0.1) is 25.0 Å². The Labute approximate surface area is 121 Å². The lowest BCUT2D eigenvalue weighted by molar-refractivity contribution is 0.182. The first-order valence-corrected chi connectivity index (χ1v) is 7.84. The van der Waals surface area contributed by atoms with Crippen LogP contribution in [0.3, 0.4) is 0 Å². The average molecular weight is 304 g/mol. The summed E-state index contributed by atoms with van der Waals surface area (Å²) >= 11 is 8.03. The maximum atomic E-state index is 12.0. The number of hydrogen-bond donors (Lipinski definition) is 1. The molecule has 19 heavy (non-hydrogen) atoms. The van der Waals surface area contributed by atoms with Gasteiger partial charge < -0.3 is 10.1 Å². The zero-order chi connectivity index (χ0) is 13.7. The fraction of sp³-hybridized carbons (Fsp3) is 0.667. The molecule has 0 amide bonds. The Morgan fingerprint density at radius 2 is 2.53 bits per heavy atom. The molecule has 1 N–H and O–H groups in total. The number of aromatic nitrogens is 2. The van der Waals surface area contributed by atoms with E-state index in [-0.39, 0.29) is 10.6 Å². The second-order valence-corrected chi connectivity index (χ2v) is 5.98. The van der Waals surface area contributed by atoms with Crippen LogP contribution in [0.2, 0.25) is 5.02 Å². The van der Waals surface area contributed by atoms with E-state index < -0.39 is 0 Å². The highest BCUT2D eigenvalue weighted by molar-refractivity contribution is 7.99. The molecule has 1 saturated heterocycles. The minimum Gasteiger partial charge on any atom is -0.383 e. The molecule has 0 aromatic carbocycles. The van der Waals surface area contributed by atoms with Gasteiger partial charge in [-0.05, 0) is 18.6 Å².